The lowest BCUT2D eigenvalue weighted by atomic mass is 10.1. The Hall–Kier alpha value is -1.45. The Morgan fingerprint density at radius 1 is 0.848 bits per heavy atom. The third-order valence-corrected chi connectivity index (χ3v) is 7.24. The van der Waals surface area contributed by atoms with Gasteiger partial charge in [0, 0.05) is 18.9 Å². The van der Waals surface area contributed by atoms with Gasteiger partial charge in [0.25, 0.3) is 0 Å². The molecule has 0 saturated heterocycles. The van der Waals surface area contributed by atoms with E-state index in [0.717, 1.165) is 26.1 Å². The number of amidine groups is 1. The number of hydrogen-bond acceptors (Lipinski definition) is 2. The van der Waals surface area contributed by atoms with Crippen LogP contribution in [0, 0.1) is 0 Å². The molecule has 1 aromatic carbocycles. The van der Waals surface area contributed by atoms with Crippen LogP contribution in [0.5, 0.6) is 0 Å². The van der Waals surface area contributed by atoms with E-state index >= 15 is 0 Å². The lowest BCUT2D eigenvalue weighted by Crippen LogP contribution is -2.56. The van der Waals surface area contributed by atoms with Crippen molar-refractivity contribution in [3.05, 3.63) is 48.0 Å². The van der Waals surface area contributed by atoms with Crippen molar-refractivity contribution in [1.82, 2.24) is 0 Å². The number of aliphatic hydroxyl groups is 1. The van der Waals surface area contributed by atoms with E-state index in [1.165, 1.54) is 101 Å². The van der Waals surface area contributed by atoms with Gasteiger partial charge in [-0.15, -0.1) is 0 Å². The van der Waals surface area contributed by atoms with Gasteiger partial charge in [-0.2, -0.15) is 0 Å². The smallest absolute Gasteiger partial charge is 0.200 e. The van der Waals surface area contributed by atoms with Gasteiger partial charge in [0.05, 0.1) is 6.54 Å². The number of aliphatic hydroxyl groups excluding tert-OH is 1. The van der Waals surface area contributed by atoms with Crippen LogP contribution in [-0.4, -0.2) is 34.7 Å². The van der Waals surface area contributed by atoms with Crippen molar-refractivity contribution in [1.29, 1.82) is 0 Å². The zero-order valence-corrected chi connectivity index (χ0v) is 21.7. The minimum atomic E-state index is -0.402. The van der Waals surface area contributed by atoms with Crippen LogP contribution in [0.15, 0.2) is 47.5 Å². The van der Waals surface area contributed by atoms with E-state index in [9.17, 15) is 5.11 Å². The molecule has 2 unspecified atom stereocenters. The van der Waals surface area contributed by atoms with Crippen LogP contribution in [-0.2, 0) is 6.54 Å². The lowest BCUT2D eigenvalue weighted by Gasteiger charge is -2.37. The third kappa shape index (κ3) is 10.6. The molecule has 1 aromatic rings. The first-order chi connectivity index (χ1) is 16.2. The summed E-state index contributed by atoms with van der Waals surface area (Å²) in [5.74, 6) is 1.21. The Bertz CT molecular complexity index is 667. The number of nitrogens with zero attached hydrogens (tertiary/aromatic N) is 2. The lowest BCUT2D eigenvalue weighted by molar-refractivity contribution is -0.896. The van der Waals surface area contributed by atoms with Crippen molar-refractivity contribution in [2.45, 2.75) is 123 Å². The van der Waals surface area contributed by atoms with Gasteiger partial charge in [0.2, 0.25) is 5.84 Å². The van der Waals surface area contributed by atoms with Crippen molar-refractivity contribution < 1.29 is 9.59 Å². The summed E-state index contributed by atoms with van der Waals surface area (Å²) in [5.41, 5.74) is 1.29. The maximum Gasteiger partial charge on any atom is 0.200 e. The molecule has 0 spiro atoms. The number of quaternary nitrogens is 1. The molecular formula is C30H51N2O+. The minimum absolute atomic E-state index is 0.402. The molecular weight excluding hydrogens is 404 g/mol. The summed E-state index contributed by atoms with van der Waals surface area (Å²) in [6, 6.07) is 10.6. The highest BCUT2D eigenvalue weighted by atomic mass is 16.3. The number of benzene rings is 1. The maximum absolute atomic E-state index is 10.7. The van der Waals surface area contributed by atoms with Gasteiger partial charge in [-0.25, -0.2) is 9.48 Å². The van der Waals surface area contributed by atoms with Crippen LogP contribution in [0.2, 0.25) is 0 Å². The second-order valence-electron chi connectivity index (χ2n) is 10.0. The average molecular weight is 456 g/mol. The van der Waals surface area contributed by atoms with E-state index in [2.05, 4.69) is 49.4 Å². The normalized spacial score (nSPS) is 19.3. The second kappa shape index (κ2) is 17.1. The van der Waals surface area contributed by atoms with Gasteiger partial charge >= 0.3 is 0 Å². The quantitative estimate of drug-likeness (QED) is 0.127. The van der Waals surface area contributed by atoms with Crippen LogP contribution >= 0.6 is 0 Å². The van der Waals surface area contributed by atoms with E-state index in [1.807, 2.05) is 6.92 Å². The van der Waals surface area contributed by atoms with E-state index < -0.39 is 6.23 Å². The molecule has 0 aliphatic carbocycles. The van der Waals surface area contributed by atoms with Crippen LogP contribution in [0.4, 0.5) is 0 Å². The molecule has 1 heterocycles. The molecule has 1 aliphatic rings. The highest BCUT2D eigenvalue weighted by molar-refractivity contribution is 5.77. The summed E-state index contributed by atoms with van der Waals surface area (Å²) in [6.45, 7) is 6.84. The predicted octanol–water partition coefficient (Wildman–Crippen LogP) is 8.18. The van der Waals surface area contributed by atoms with Gasteiger partial charge in [0.1, 0.15) is 13.1 Å². The number of aliphatic imine (C=N–C) groups is 1. The monoisotopic (exact) mass is 455 g/mol. The summed E-state index contributed by atoms with van der Waals surface area (Å²) in [4.78, 5) is 4.84. The molecule has 0 radical (unpaired) electrons. The number of rotatable bonds is 19. The van der Waals surface area contributed by atoms with Crippen LogP contribution in [0.3, 0.4) is 0 Å². The van der Waals surface area contributed by atoms with Gasteiger partial charge in [-0.3, -0.25) is 0 Å². The maximum atomic E-state index is 10.7. The molecule has 0 bridgehead atoms. The number of allylic oxidation sites excluding steroid dienone is 2. The van der Waals surface area contributed by atoms with Gasteiger partial charge in [-0.1, -0.05) is 107 Å². The van der Waals surface area contributed by atoms with Crippen LogP contribution in [0.25, 0.3) is 0 Å². The molecule has 33 heavy (non-hydrogen) atoms. The molecule has 3 heteroatoms. The van der Waals surface area contributed by atoms with E-state index in [-0.39, 0.29) is 0 Å². The summed E-state index contributed by atoms with van der Waals surface area (Å²) < 4.78 is 0.634. The van der Waals surface area contributed by atoms with Gasteiger partial charge < -0.3 is 5.11 Å². The highest BCUT2D eigenvalue weighted by Crippen LogP contribution is 2.26. The number of hydrogen-bond donors (Lipinski definition) is 1. The van der Waals surface area contributed by atoms with Gasteiger partial charge in [0.15, 0.2) is 6.23 Å². The van der Waals surface area contributed by atoms with Crippen LogP contribution in [0.1, 0.15) is 116 Å². The summed E-state index contributed by atoms with van der Waals surface area (Å²) >= 11 is 0. The standard InChI is InChI=1S/C30H51N2O/c1-3-4-5-6-7-8-9-10-11-12-13-14-15-16-17-21-24-30-31-25-26-32(30,28(2)33)27-29-22-19-18-20-23-29/h10-11,18-20,22-23,28,33H,3-9,12-17,21,24-27H2,1-2H3/q+1/b11-10-. The number of unbranched alkanes of at least 4 members (excludes halogenated alkanes) is 12. The topological polar surface area (TPSA) is 32.6 Å². The Kier molecular flexibility index (Phi) is 14.4. The zero-order valence-electron chi connectivity index (χ0n) is 21.7. The van der Waals surface area contributed by atoms with Gasteiger partial charge in [-0.05, 0) is 32.1 Å². The summed E-state index contributed by atoms with van der Waals surface area (Å²) in [6.07, 6.45) is 24.1. The summed E-state index contributed by atoms with van der Waals surface area (Å²) in [7, 11) is 0. The molecule has 186 valence electrons. The molecule has 0 fully saturated rings. The molecule has 2 atom stereocenters. The van der Waals surface area contributed by atoms with Crippen molar-refractivity contribution in [3.8, 4) is 0 Å². The fourth-order valence-corrected chi connectivity index (χ4v) is 5.07. The average Bonchev–Trinajstić information content (AvgIpc) is 3.23. The fraction of sp³-hybridized carbons (Fsp3) is 0.700. The summed E-state index contributed by atoms with van der Waals surface area (Å²) in [5, 5.41) is 10.7. The molecule has 3 nitrogen and oxygen atoms in total. The highest BCUT2D eigenvalue weighted by Gasteiger charge is 2.41. The first-order valence-corrected chi connectivity index (χ1v) is 14.0. The Labute approximate surface area is 204 Å². The fourth-order valence-electron chi connectivity index (χ4n) is 5.07. The predicted molar refractivity (Wildman–Crippen MR) is 143 cm³/mol. The Morgan fingerprint density at radius 2 is 1.42 bits per heavy atom. The Morgan fingerprint density at radius 3 is 2.03 bits per heavy atom. The molecule has 2 rings (SSSR count). The van der Waals surface area contributed by atoms with Crippen molar-refractivity contribution >= 4 is 5.84 Å². The van der Waals surface area contributed by atoms with E-state index in [0.29, 0.717) is 4.48 Å². The molecule has 1 N–H and O–H groups in total. The molecule has 0 amide bonds. The first-order valence-electron chi connectivity index (χ1n) is 14.0. The second-order valence-corrected chi connectivity index (χ2v) is 10.0. The van der Waals surface area contributed by atoms with E-state index in [1.54, 1.807) is 0 Å². The van der Waals surface area contributed by atoms with E-state index in [4.69, 9.17) is 4.99 Å². The largest absolute Gasteiger partial charge is 0.345 e. The Balaban J connectivity index is 1.52. The van der Waals surface area contributed by atoms with Crippen molar-refractivity contribution in [3.63, 3.8) is 0 Å². The SMILES string of the molecule is CCCCCCCC/C=C\CCCCCCCCC1=NCC[N+]1(Cc1ccccc1)C(C)O. The molecule has 1 aliphatic heterocycles. The van der Waals surface area contributed by atoms with Crippen molar-refractivity contribution in [2.24, 2.45) is 4.99 Å². The van der Waals surface area contributed by atoms with Crippen molar-refractivity contribution in [2.75, 3.05) is 13.1 Å². The van der Waals surface area contributed by atoms with Crippen LogP contribution < -0.4 is 0 Å². The molecule has 0 aromatic heterocycles. The molecule has 0 saturated carbocycles. The zero-order chi connectivity index (χ0) is 23.6. The third-order valence-electron chi connectivity index (χ3n) is 7.24. The first kappa shape index (κ1) is 27.8. The minimum Gasteiger partial charge on any atom is -0.345 e.